The topological polar surface area (TPSA) is 105 Å². The standard InChI is InChI=1S/C27H28N6O4/c1-32-21-14-28-23(30-26(34)16-6-7-16)12-20(21)24(31-32)19-5-3-4-18(25(19)35-2)17-13-29-33(15-17)22-8-9-27(22)36-10-11-37-27/h3-5,12-16,22H,6-11H2,1-2H3,(H,28,30,34)/t22-/m1/s1. The first-order valence-corrected chi connectivity index (χ1v) is 12.7. The maximum Gasteiger partial charge on any atom is 0.228 e. The quantitative estimate of drug-likeness (QED) is 0.428. The van der Waals surface area contributed by atoms with Gasteiger partial charge in [0, 0.05) is 47.7 Å². The number of methoxy groups -OCH3 is 1. The average molecular weight is 501 g/mol. The van der Waals surface area contributed by atoms with Gasteiger partial charge < -0.3 is 19.5 Å². The summed E-state index contributed by atoms with van der Waals surface area (Å²) in [5.74, 6) is 0.823. The van der Waals surface area contributed by atoms with E-state index in [-0.39, 0.29) is 17.9 Å². The molecule has 1 amide bonds. The number of pyridine rings is 1. The Morgan fingerprint density at radius 3 is 2.70 bits per heavy atom. The molecule has 2 aliphatic carbocycles. The predicted molar refractivity (Wildman–Crippen MR) is 136 cm³/mol. The summed E-state index contributed by atoms with van der Waals surface area (Å²) in [6, 6.07) is 7.97. The van der Waals surface area contributed by atoms with E-state index in [4.69, 9.17) is 19.3 Å². The van der Waals surface area contributed by atoms with Crippen LogP contribution in [0.5, 0.6) is 5.75 Å². The number of benzene rings is 1. The van der Waals surface area contributed by atoms with Crippen LogP contribution in [-0.4, -0.2) is 56.6 Å². The molecule has 3 aromatic heterocycles. The Kier molecular flexibility index (Phi) is 5.09. The van der Waals surface area contributed by atoms with Crippen LogP contribution in [0.3, 0.4) is 0 Å². The molecule has 3 aliphatic rings. The Labute approximate surface area is 213 Å². The maximum atomic E-state index is 12.3. The minimum Gasteiger partial charge on any atom is -0.495 e. The molecular weight excluding hydrogens is 472 g/mol. The Morgan fingerprint density at radius 1 is 1.16 bits per heavy atom. The second-order valence-corrected chi connectivity index (χ2v) is 9.98. The molecule has 10 nitrogen and oxygen atoms in total. The number of carbonyl (C=O) groups is 1. The summed E-state index contributed by atoms with van der Waals surface area (Å²) in [6.07, 6.45) is 9.36. The number of hydrogen-bond acceptors (Lipinski definition) is 7. The number of anilines is 1. The normalized spacial score (nSPS) is 20.3. The van der Waals surface area contributed by atoms with E-state index in [0.29, 0.717) is 24.8 Å². The molecule has 2 saturated carbocycles. The Balaban J connectivity index is 1.27. The van der Waals surface area contributed by atoms with Gasteiger partial charge in [-0.25, -0.2) is 4.98 Å². The number of hydrogen-bond donors (Lipinski definition) is 1. The first kappa shape index (κ1) is 22.4. The molecule has 0 unspecified atom stereocenters. The van der Waals surface area contributed by atoms with Gasteiger partial charge in [-0.05, 0) is 31.4 Å². The number of nitrogens with zero attached hydrogens (tertiary/aromatic N) is 5. The van der Waals surface area contributed by atoms with Gasteiger partial charge in [-0.2, -0.15) is 10.2 Å². The number of amides is 1. The van der Waals surface area contributed by atoms with E-state index in [1.807, 2.05) is 48.4 Å². The second-order valence-electron chi connectivity index (χ2n) is 9.98. The molecule has 1 N–H and O–H groups in total. The highest BCUT2D eigenvalue weighted by Gasteiger charge is 2.53. The largest absolute Gasteiger partial charge is 0.495 e. The zero-order valence-corrected chi connectivity index (χ0v) is 20.8. The van der Waals surface area contributed by atoms with Crippen LogP contribution < -0.4 is 10.1 Å². The third kappa shape index (κ3) is 3.62. The van der Waals surface area contributed by atoms with Crippen molar-refractivity contribution in [1.82, 2.24) is 24.5 Å². The van der Waals surface area contributed by atoms with Crippen molar-refractivity contribution in [2.45, 2.75) is 37.5 Å². The fourth-order valence-corrected chi connectivity index (χ4v) is 5.46. The fraction of sp³-hybridized carbons (Fsp3) is 0.407. The summed E-state index contributed by atoms with van der Waals surface area (Å²) in [4.78, 5) is 16.8. The van der Waals surface area contributed by atoms with E-state index < -0.39 is 5.79 Å². The number of aromatic nitrogens is 5. The third-order valence-electron chi connectivity index (χ3n) is 7.69. The van der Waals surface area contributed by atoms with Crippen LogP contribution >= 0.6 is 0 Å². The molecule has 1 aromatic carbocycles. The predicted octanol–water partition coefficient (Wildman–Crippen LogP) is 3.93. The zero-order valence-electron chi connectivity index (χ0n) is 20.8. The molecule has 3 fully saturated rings. The van der Waals surface area contributed by atoms with Gasteiger partial charge in [0.15, 0.2) is 5.79 Å². The smallest absolute Gasteiger partial charge is 0.228 e. The molecule has 37 heavy (non-hydrogen) atoms. The van der Waals surface area contributed by atoms with Crippen LogP contribution in [0.15, 0.2) is 42.9 Å². The highest BCUT2D eigenvalue weighted by Crippen LogP contribution is 2.49. The van der Waals surface area contributed by atoms with E-state index in [0.717, 1.165) is 59.0 Å². The summed E-state index contributed by atoms with van der Waals surface area (Å²) in [6.45, 7) is 1.25. The van der Waals surface area contributed by atoms with Crippen LogP contribution in [0.2, 0.25) is 0 Å². The van der Waals surface area contributed by atoms with Crippen LogP contribution in [0, 0.1) is 5.92 Å². The Morgan fingerprint density at radius 2 is 1.97 bits per heavy atom. The van der Waals surface area contributed by atoms with E-state index in [1.54, 1.807) is 18.0 Å². The molecule has 1 saturated heterocycles. The van der Waals surface area contributed by atoms with E-state index in [2.05, 4.69) is 15.4 Å². The van der Waals surface area contributed by atoms with Crippen molar-refractivity contribution in [3.05, 3.63) is 42.9 Å². The molecule has 190 valence electrons. The molecule has 0 radical (unpaired) electrons. The van der Waals surface area contributed by atoms with Crippen LogP contribution in [0.25, 0.3) is 33.3 Å². The summed E-state index contributed by atoms with van der Waals surface area (Å²) >= 11 is 0. The van der Waals surface area contributed by atoms with E-state index in [1.165, 1.54) is 0 Å². The minimum atomic E-state index is -0.539. The molecule has 10 heteroatoms. The second kappa shape index (κ2) is 8.39. The number of carbonyl (C=O) groups excluding carboxylic acids is 1. The summed E-state index contributed by atoms with van der Waals surface area (Å²) in [5.41, 5.74) is 4.35. The van der Waals surface area contributed by atoms with Gasteiger partial charge in [-0.15, -0.1) is 0 Å². The van der Waals surface area contributed by atoms with Crippen molar-refractivity contribution < 1.29 is 19.0 Å². The number of fused-ring (bicyclic) bond motifs is 1. The zero-order chi connectivity index (χ0) is 25.1. The van der Waals surface area contributed by atoms with Crippen molar-refractivity contribution in [3.8, 4) is 28.1 Å². The van der Waals surface area contributed by atoms with Gasteiger partial charge in [0.25, 0.3) is 0 Å². The number of nitrogens with one attached hydrogen (secondary N) is 1. The van der Waals surface area contributed by atoms with Crippen molar-refractivity contribution in [2.75, 3.05) is 25.6 Å². The van der Waals surface area contributed by atoms with Gasteiger partial charge >= 0.3 is 0 Å². The highest BCUT2D eigenvalue weighted by atomic mass is 16.7. The number of aryl methyl sites for hydroxylation is 1. The number of rotatable bonds is 6. The third-order valence-corrected chi connectivity index (χ3v) is 7.69. The molecule has 4 aromatic rings. The lowest BCUT2D eigenvalue weighted by Gasteiger charge is -2.44. The van der Waals surface area contributed by atoms with E-state index >= 15 is 0 Å². The maximum absolute atomic E-state index is 12.3. The van der Waals surface area contributed by atoms with Crippen molar-refractivity contribution in [2.24, 2.45) is 13.0 Å². The molecule has 1 aliphatic heterocycles. The minimum absolute atomic E-state index is 0.0236. The summed E-state index contributed by atoms with van der Waals surface area (Å²) in [7, 11) is 3.56. The average Bonchev–Trinajstić information content (AvgIpc) is 3.29. The Hall–Kier alpha value is -3.76. The number of para-hydroxylation sites is 1. The molecule has 1 atom stereocenters. The van der Waals surface area contributed by atoms with Gasteiger partial charge in [0.2, 0.25) is 5.91 Å². The molecule has 1 spiro atoms. The molecule has 4 heterocycles. The van der Waals surface area contributed by atoms with Crippen LogP contribution in [-0.2, 0) is 21.3 Å². The molecular formula is C27H28N6O4. The van der Waals surface area contributed by atoms with Gasteiger partial charge in [0.05, 0.1) is 38.2 Å². The van der Waals surface area contributed by atoms with Crippen molar-refractivity contribution in [3.63, 3.8) is 0 Å². The van der Waals surface area contributed by atoms with Gasteiger partial charge in [-0.1, -0.05) is 12.1 Å². The molecule has 0 bridgehead atoms. The van der Waals surface area contributed by atoms with Gasteiger partial charge in [-0.3, -0.25) is 14.2 Å². The SMILES string of the molecule is COc1c(-c2cnn([C@@H]3CCC34OCCO4)c2)cccc1-c1nn(C)c2cnc(NC(=O)C3CC3)cc12. The lowest BCUT2D eigenvalue weighted by molar-refractivity contribution is -0.242. The highest BCUT2D eigenvalue weighted by molar-refractivity contribution is 6.00. The first-order valence-electron chi connectivity index (χ1n) is 12.7. The lowest BCUT2D eigenvalue weighted by atomic mass is 9.85. The van der Waals surface area contributed by atoms with Crippen LogP contribution in [0.1, 0.15) is 31.7 Å². The van der Waals surface area contributed by atoms with E-state index in [9.17, 15) is 4.79 Å². The number of ether oxygens (including phenoxy) is 3. The summed E-state index contributed by atoms with van der Waals surface area (Å²) in [5, 5.41) is 13.3. The summed E-state index contributed by atoms with van der Waals surface area (Å²) < 4.78 is 21.6. The first-order chi connectivity index (χ1) is 18.1. The van der Waals surface area contributed by atoms with Crippen molar-refractivity contribution >= 4 is 22.6 Å². The van der Waals surface area contributed by atoms with Crippen molar-refractivity contribution in [1.29, 1.82) is 0 Å². The monoisotopic (exact) mass is 500 g/mol. The Bertz CT molecular complexity index is 1510. The lowest BCUT2D eigenvalue weighted by Crippen LogP contribution is -2.49. The fourth-order valence-electron chi connectivity index (χ4n) is 5.46. The van der Waals surface area contributed by atoms with Gasteiger partial charge in [0.1, 0.15) is 23.3 Å². The molecule has 7 rings (SSSR count). The van der Waals surface area contributed by atoms with Crippen LogP contribution in [0.4, 0.5) is 5.82 Å².